The predicted molar refractivity (Wildman–Crippen MR) is 79.9 cm³/mol. The second-order valence-corrected chi connectivity index (χ2v) is 4.85. The van der Waals surface area contributed by atoms with Gasteiger partial charge in [-0.25, -0.2) is 14.5 Å². The van der Waals surface area contributed by atoms with E-state index < -0.39 is 5.97 Å². The van der Waals surface area contributed by atoms with Gasteiger partial charge in [-0.05, 0) is 31.5 Å². The highest BCUT2D eigenvalue weighted by Crippen LogP contribution is 2.25. The van der Waals surface area contributed by atoms with Gasteiger partial charge in [0.15, 0.2) is 5.65 Å². The van der Waals surface area contributed by atoms with E-state index in [1.54, 1.807) is 10.7 Å². The molecular weight excluding hydrogens is 266 g/mol. The van der Waals surface area contributed by atoms with Gasteiger partial charge in [0.25, 0.3) is 0 Å². The Bertz CT molecular complexity index is 822. The Morgan fingerprint density at radius 2 is 2.00 bits per heavy atom. The summed E-state index contributed by atoms with van der Waals surface area (Å²) in [6, 6.07) is 11.2. The number of aromatic carboxylic acids is 1. The van der Waals surface area contributed by atoms with Crippen molar-refractivity contribution < 1.29 is 9.90 Å². The van der Waals surface area contributed by atoms with E-state index in [2.05, 4.69) is 10.1 Å². The van der Waals surface area contributed by atoms with Gasteiger partial charge < -0.3 is 5.11 Å². The molecule has 1 N–H and O–H groups in total. The second kappa shape index (κ2) is 5.01. The minimum atomic E-state index is -0.951. The maximum absolute atomic E-state index is 11.5. The summed E-state index contributed by atoms with van der Waals surface area (Å²) >= 11 is 0. The number of carboxylic acids is 1. The van der Waals surface area contributed by atoms with E-state index in [9.17, 15) is 9.90 Å². The molecule has 21 heavy (non-hydrogen) atoms. The molecule has 106 valence electrons. The third kappa shape index (κ3) is 2.16. The van der Waals surface area contributed by atoms with Crippen molar-refractivity contribution in [2.75, 3.05) is 0 Å². The van der Waals surface area contributed by atoms with Crippen molar-refractivity contribution in [3.8, 4) is 5.69 Å². The molecule has 0 spiro atoms. The number of carboxylic acid groups (broad SMARTS) is 1. The number of nitrogens with zero attached hydrogens (tertiary/aromatic N) is 3. The van der Waals surface area contributed by atoms with Gasteiger partial charge >= 0.3 is 5.97 Å². The number of aromatic nitrogens is 3. The first-order valence-electron chi connectivity index (χ1n) is 6.79. The van der Waals surface area contributed by atoms with E-state index in [0.717, 1.165) is 11.4 Å². The van der Waals surface area contributed by atoms with E-state index >= 15 is 0 Å². The number of pyridine rings is 1. The molecule has 0 atom stereocenters. The highest BCUT2D eigenvalue weighted by Gasteiger charge is 2.19. The Morgan fingerprint density at radius 3 is 2.62 bits per heavy atom. The summed E-state index contributed by atoms with van der Waals surface area (Å²) in [6.07, 6.45) is 0.676. The van der Waals surface area contributed by atoms with Gasteiger partial charge in [0, 0.05) is 5.69 Å². The predicted octanol–water partition coefficient (Wildman–Crippen LogP) is 2.99. The first-order chi connectivity index (χ1) is 10.1. The first-order valence-corrected chi connectivity index (χ1v) is 6.79. The van der Waals surface area contributed by atoms with Crippen LogP contribution in [0, 0.1) is 6.92 Å². The lowest BCUT2D eigenvalue weighted by Crippen LogP contribution is -2.03. The highest BCUT2D eigenvalue weighted by molar-refractivity contribution is 6.03. The summed E-state index contributed by atoms with van der Waals surface area (Å²) in [5.74, 6) is -0.951. The Hall–Kier alpha value is -2.69. The molecule has 0 saturated carbocycles. The molecule has 5 heteroatoms. The monoisotopic (exact) mass is 281 g/mol. The van der Waals surface area contributed by atoms with Crippen LogP contribution in [0.1, 0.15) is 28.7 Å². The van der Waals surface area contributed by atoms with E-state index in [1.807, 2.05) is 44.2 Å². The van der Waals surface area contributed by atoms with Crippen LogP contribution in [-0.4, -0.2) is 25.8 Å². The van der Waals surface area contributed by atoms with Crippen molar-refractivity contribution >= 4 is 17.0 Å². The molecule has 3 rings (SSSR count). The smallest absolute Gasteiger partial charge is 0.336 e. The molecule has 0 bridgehead atoms. The number of benzene rings is 1. The largest absolute Gasteiger partial charge is 0.478 e. The zero-order chi connectivity index (χ0) is 15.0. The molecule has 5 nitrogen and oxygen atoms in total. The van der Waals surface area contributed by atoms with Crippen molar-refractivity contribution in [1.29, 1.82) is 0 Å². The van der Waals surface area contributed by atoms with Gasteiger partial charge in [0.05, 0.1) is 22.3 Å². The van der Waals surface area contributed by atoms with Crippen LogP contribution in [0.2, 0.25) is 0 Å². The van der Waals surface area contributed by atoms with Crippen LogP contribution in [0.15, 0.2) is 36.4 Å². The molecule has 0 unspecified atom stereocenters. The Balaban J connectivity index is 2.39. The third-order valence-electron chi connectivity index (χ3n) is 3.46. The van der Waals surface area contributed by atoms with E-state index in [4.69, 9.17) is 0 Å². The average Bonchev–Trinajstić information content (AvgIpc) is 2.84. The van der Waals surface area contributed by atoms with Gasteiger partial charge in [0.1, 0.15) is 0 Å². The van der Waals surface area contributed by atoms with Gasteiger partial charge in [-0.3, -0.25) is 0 Å². The Morgan fingerprint density at radius 1 is 1.29 bits per heavy atom. The molecule has 2 heterocycles. The number of fused-ring (bicyclic) bond motifs is 1. The normalized spacial score (nSPS) is 11.0. The number of hydrogen-bond donors (Lipinski definition) is 1. The summed E-state index contributed by atoms with van der Waals surface area (Å²) < 4.78 is 1.70. The lowest BCUT2D eigenvalue weighted by molar-refractivity contribution is 0.0698. The van der Waals surface area contributed by atoms with Crippen molar-refractivity contribution in [3.05, 3.63) is 53.3 Å². The standard InChI is InChI=1S/C16H15N3O2/c1-3-11-9-13(16(20)21)14-10(2)18-19(15(14)17-11)12-7-5-4-6-8-12/h4-9H,3H2,1-2H3,(H,20,21). The number of carbonyl (C=O) groups is 1. The minimum absolute atomic E-state index is 0.261. The van der Waals surface area contributed by atoms with E-state index in [1.165, 1.54) is 0 Å². The van der Waals surface area contributed by atoms with Gasteiger partial charge in [-0.2, -0.15) is 5.10 Å². The maximum atomic E-state index is 11.5. The maximum Gasteiger partial charge on any atom is 0.336 e. The zero-order valence-electron chi connectivity index (χ0n) is 11.9. The highest BCUT2D eigenvalue weighted by atomic mass is 16.4. The molecule has 0 amide bonds. The summed E-state index contributed by atoms with van der Waals surface area (Å²) in [5.41, 5.74) is 3.14. The fourth-order valence-corrected chi connectivity index (χ4v) is 2.44. The molecule has 0 aliphatic heterocycles. The van der Waals surface area contributed by atoms with Crippen LogP contribution in [0.4, 0.5) is 0 Å². The summed E-state index contributed by atoms with van der Waals surface area (Å²) in [6.45, 7) is 3.76. The lowest BCUT2D eigenvalue weighted by atomic mass is 10.1. The van der Waals surface area contributed by atoms with Gasteiger partial charge in [-0.15, -0.1) is 0 Å². The molecular formula is C16H15N3O2. The van der Waals surface area contributed by atoms with Crippen molar-refractivity contribution in [1.82, 2.24) is 14.8 Å². The van der Waals surface area contributed by atoms with Crippen LogP contribution < -0.4 is 0 Å². The van der Waals surface area contributed by atoms with Crippen LogP contribution in [0.25, 0.3) is 16.7 Å². The fraction of sp³-hybridized carbons (Fsp3) is 0.188. The van der Waals surface area contributed by atoms with Gasteiger partial charge in [-0.1, -0.05) is 25.1 Å². The molecule has 3 aromatic rings. The van der Waals surface area contributed by atoms with Crippen molar-refractivity contribution in [2.45, 2.75) is 20.3 Å². The SMILES string of the molecule is CCc1cc(C(=O)O)c2c(C)nn(-c3ccccc3)c2n1. The summed E-state index contributed by atoms with van der Waals surface area (Å²) in [5, 5.41) is 14.5. The fourth-order valence-electron chi connectivity index (χ4n) is 2.44. The Labute approximate surface area is 121 Å². The number of hydrogen-bond acceptors (Lipinski definition) is 3. The average molecular weight is 281 g/mol. The van der Waals surface area contributed by atoms with Crippen LogP contribution in [0.3, 0.4) is 0 Å². The third-order valence-corrected chi connectivity index (χ3v) is 3.46. The summed E-state index contributed by atoms with van der Waals surface area (Å²) in [7, 11) is 0. The second-order valence-electron chi connectivity index (χ2n) is 4.85. The zero-order valence-corrected chi connectivity index (χ0v) is 11.9. The molecule has 2 aromatic heterocycles. The van der Waals surface area contributed by atoms with Crippen LogP contribution >= 0.6 is 0 Å². The topological polar surface area (TPSA) is 68.0 Å². The first kappa shape index (κ1) is 13.3. The molecule has 1 aromatic carbocycles. The number of rotatable bonds is 3. The minimum Gasteiger partial charge on any atom is -0.478 e. The van der Waals surface area contributed by atoms with Crippen molar-refractivity contribution in [3.63, 3.8) is 0 Å². The summed E-state index contributed by atoms with van der Waals surface area (Å²) in [4.78, 5) is 16.1. The van der Waals surface area contributed by atoms with E-state index in [0.29, 0.717) is 23.1 Å². The van der Waals surface area contributed by atoms with Crippen LogP contribution in [-0.2, 0) is 6.42 Å². The Kier molecular flexibility index (Phi) is 3.17. The van der Waals surface area contributed by atoms with Crippen LogP contribution in [0.5, 0.6) is 0 Å². The molecule has 0 fully saturated rings. The number of aryl methyl sites for hydroxylation is 2. The molecule has 0 saturated heterocycles. The van der Waals surface area contributed by atoms with Gasteiger partial charge in [0.2, 0.25) is 0 Å². The quantitative estimate of drug-likeness (QED) is 0.801. The molecule has 0 radical (unpaired) electrons. The van der Waals surface area contributed by atoms with E-state index in [-0.39, 0.29) is 5.56 Å². The number of para-hydroxylation sites is 1. The molecule has 0 aliphatic rings. The van der Waals surface area contributed by atoms with Crippen molar-refractivity contribution in [2.24, 2.45) is 0 Å². The lowest BCUT2D eigenvalue weighted by Gasteiger charge is -2.05. The molecule has 0 aliphatic carbocycles.